The highest BCUT2D eigenvalue weighted by Gasteiger charge is 2.20. The zero-order valence-corrected chi connectivity index (χ0v) is 17.1. The van der Waals surface area contributed by atoms with Crippen molar-refractivity contribution in [2.45, 2.75) is 20.4 Å². The molecule has 0 radical (unpaired) electrons. The van der Waals surface area contributed by atoms with Crippen molar-refractivity contribution in [3.63, 3.8) is 0 Å². The Kier molecular flexibility index (Phi) is 5.15. The fourth-order valence-corrected chi connectivity index (χ4v) is 3.76. The summed E-state index contributed by atoms with van der Waals surface area (Å²) < 4.78 is 3.52. The zero-order valence-electron chi connectivity index (χ0n) is 14.7. The van der Waals surface area contributed by atoms with Crippen LogP contribution in [0.15, 0.2) is 43.7 Å². The molecule has 3 rings (SSSR count). The van der Waals surface area contributed by atoms with Crippen LogP contribution in [0.5, 0.6) is 0 Å². The van der Waals surface area contributed by atoms with Crippen LogP contribution < -0.4 is 17.0 Å². The highest BCUT2D eigenvalue weighted by molar-refractivity contribution is 9.10. The van der Waals surface area contributed by atoms with Crippen molar-refractivity contribution in [1.29, 1.82) is 0 Å². The van der Waals surface area contributed by atoms with Crippen molar-refractivity contribution in [1.82, 2.24) is 14.1 Å². The molecule has 0 atom stereocenters. The predicted octanol–water partition coefficient (Wildman–Crippen LogP) is 3.34. The number of rotatable bonds is 4. The number of hydrogen-bond acceptors (Lipinski definition) is 5. The van der Waals surface area contributed by atoms with Gasteiger partial charge in [-0.05, 0) is 18.1 Å². The molecule has 3 aromatic rings. The van der Waals surface area contributed by atoms with Gasteiger partial charge in [-0.3, -0.25) is 13.9 Å². The van der Waals surface area contributed by atoms with Gasteiger partial charge in [-0.2, -0.15) is 0 Å². The van der Waals surface area contributed by atoms with Crippen molar-refractivity contribution in [2.24, 2.45) is 13.0 Å². The van der Waals surface area contributed by atoms with Crippen LogP contribution in [0.3, 0.4) is 0 Å². The van der Waals surface area contributed by atoms with Gasteiger partial charge in [-0.1, -0.05) is 41.9 Å². The molecule has 0 saturated carbocycles. The third-order valence-corrected chi connectivity index (χ3v) is 5.40. The Bertz CT molecular complexity index is 1060. The number of nitrogens with two attached hydrogens (primary N) is 1. The van der Waals surface area contributed by atoms with E-state index in [1.165, 1.54) is 23.0 Å². The molecule has 0 saturated heterocycles. The van der Waals surface area contributed by atoms with Crippen LogP contribution in [0.25, 0.3) is 21.8 Å². The van der Waals surface area contributed by atoms with Gasteiger partial charge in [-0.25, -0.2) is 9.78 Å². The first kappa shape index (κ1) is 18.6. The third-order valence-electron chi connectivity index (χ3n) is 3.98. The van der Waals surface area contributed by atoms with E-state index in [-0.39, 0.29) is 17.3 Å². The van der Waals surface area contributed by atoms with E-state index in [4.69, 9.17) is 5.73 Å². The molecule has 0 bridgehead atoms. The number of hydrogen-bond donors (Lipinski definition) is 1. The Labute approximate surface area is 163 Å². The first-order valence-corrected chi connectivity index (χ1v) is 9.78. The van der Waals surface area contributed by atoms with Gasteiger partial charge >= 0.3 is 5.69 Å². The second kappa shape index (κ2) is 7.20. The lowest BCUT2D eigenvalue weighted by Gasteiger charge is -2.15. The average molecular weight is 435 g/mol. The standard InChI is InChI=1S/C18H19BrN4O2S/c1-10(2)8-23-15(20)14(17(24)22(3)18(23)25)13-9-26-16(21-13)11-4-6-12(19)7-5-11/h4-7,9-10H,8,20H2,1-3H3. The van der Waals surface area contributed by atoms with E-state index in [0.29, 0.717) is 12.2 Å². The largest absolute Gasteiger partial charge is 0.384 e. The van der Waals surface area contributed by atoms with Crippen LogP contribution in [0.4, 0.5) is 5.82 Å². The Hall–Kier alpha value is -2.19. The molecule has 0 aliphatic heterocycles. The minimum Gasteiger partial charge on any atom is -0.384 e. The summed E-state index contributed by atoms with van der Waals surface area (Å²) in [5.41, 5.74) is 7.08. The second-order valence-electron chi connectivity index (χ2n) is 6.46. The maximum atomic E-state index is 12.7. The summed E-state index contributed by atoms with van der Waals surface area (Å²) in [4.78, 5) is 29.7. The van der Waals surface area contributed by atoms with Crippen LogP contribution >= 0.6 is 27.3 Å². The number of nitrogen functional groups attached to an aromatic ring is 1. The molecular formula is C18H19BrN4O2S. The van der Waals surface area contributed by atoms with E-state index < -0.39 is 11.2 Å². The van der Waals surface area contributed by atoms with Crippen molar-refractivity contribution in [2.75, 3.05) is 5.73 Å². The van der Waals surface area contributed by atoms with Gasteiger partial charge in [-0.15, -0.1) is 11.3 Å². The quantitative estimate of drug-likeness (QED) is 0.682. The Balaban J connectivity index is 2.16. The molecule has 0 aliphatic carbocycles. The van der Waals surface area contributed by atoms with Crippen LogP contribution in [-0.4, -0.2) is 14.1 Å². The molecule has 6 nitrogen and oxygen atoms in total. The second-order valence-corrected chi connectivity index (χ2v) is 8.23. The molecule has 2 aromatic heterocycles. The Morgan fingerprint density at radius 1 is 1.23 bits per heavy atom. The third kappa shape index (κ3) is 3.39. The number of thiazole rings is 1. The normalized spacial score (nSPS) is 11.3. The molecule has 26 heavy (non-hydrogen) atoms. The van der Waals surface area contributed by atoms with Crippen LogP contribution in [-0.2, 0) is 13.6 Å². The summed E-state index contributed by atoms with van der Waals surface area (Å²) in [5, 5.41) is 2.59. The lowest BCUT2D eigenvalue weighted by atomic mass is 10.2. The van der Waals surface area contributed by atoms with Crippen LogP contribution in [0, 0.1) is 5.92 Å². The molecule has 136 valence electrons. The monoisotopic (exact) mass is 434 g/mol. The fraction of sp³-hybridized carbons (Fsp3) is 0.278. The van der Waals surface area contributed by atoms with Gasteiger partial charge in [0, 0.05) is 29.0 Å². The minimum absolute atomic E-state index is 0.166. The number of aromatic nitrogens is 3. The van der Waals surface area contributed by atoms with Gasteiger partial charge < -0.3 is 5.73 Å². The molecule has 0 fully saturated rings. The van der Waals surface area contributed by atoms with E-state index >= 15 is 0 Å². The molecule has 0 amide bonds. The summed E-state index contributed by atoms with van der Waals surface area (Å²) >= 11 is 4.84. The molecular weight excluding hydrogens is 416 g/mol. The molecule has 2 heterocycles. The van der Waals surface area contributed by atoms with Gasteiger partial charge in [0.25, 0.3) is 5.56 Å². The minimum atomic E-state index is -0.430. The predicted molar refractivity (Wildman–Crippen MR) is 109 cm³/mol. The maximum absolute atomic E-state index is 12.7. The topological polar surface area (TPSA) is 82.9 Å². The Morgan fingerprint density at radius 2 is 1.88 bits per heavy atom. The lowest BCUT2D eigenvalue weighted by Crippen LogP contribution is -2.41. The smallest absolute Gasteiger partial charge is 0.332 e. The van der Waals surface area contributed by atoms with E-state index in [9.17, 15) is 9.59 Å². The molecule has 1 aromatic carbocycles. The highest BCUT2D eigenvalue weighted by atomic mass is 79.9. The van der Waals surface area contributed by atoms with Crippen molar-refractivity contribution < 1.29 is 0 Å². The lowest BCUT2D eigenvalue weighted by molar-refractivity contribution is 0.494. The van der Waals surface area contributed by atoms with Crippen molar-refractivity contribution >= 4 is 33.1 Å². The van der Waals surface area contributed by atoms with Gasteiger partial charge in [0.15, 0.2) is 0 Å². The molecule has 0 aliphatic rings. The molecule has 0 unspecified atom stereocenters. The highest BCUT2D eigenvalue weighted by Crippen LogP contribution is 2.30. The van der Waals surface area contributed by atoms with Gasteiger partial charge in [0.05, 0.1) is 5.69 Å². The number of halogens is 1. The van der Waals surface area contributed by atoms with Gasteiger partial charge in [0.2, 0.25) is 0 Å². The maximum Gasteiger partial charge on any atom is 0.332 e. The number of benzene rings is 1. The summed E-state index contributed by atoms with van der Waals surface area (Å²) in [6.07, 6.45) is 0. The Morgan fingerprint density at radius 3 is 2.50 bits per heavy atom. The summed E-state index contributed by atoms with van der Waals surface area (Å²) in [7, 11) is 1.46. The first-order chi connectivity index (χ1) is 12.3. The van der Waals surface area contributed by atoms with Crippen LogP contribution in [0.1, 0.15) is 13.8 Å². The molecule has 8 heteroatoms. The average Bonchev–Trinajstić information content (AvgIpc) is 3.07. The van der Waals surface area contributed by atoms with E-state index in [1.54, 1.807) is 5.38 Å². The van der Waals surface area contributed by atoms with E-state index in [0.717, 1.165) is 19.6 Å². The first-order valence-electron chi connectivity index (χ1n) is 8.10. The van der Waals surface area contributed by atoms with Crippen LogP contribution in [0.2, 0.25) is 0 Å². The zero-order chi connectivity index (χ0) is 19.0. The summed E-state index contributed by atoms with van der Waals surface area (Å²) in [6, 6.07) is 7.78. The van der Waals surface area contributed by atoms with E-state index in [1.807, 2.05) is 38.1 Å². The molecule has 2 N–H and O–H groups in total. The summed E-state index contributed by atoms with van der Waals surface area (Å²) in [5.74, 6) is 0.383. The number of nitrogens with zero attached hydrogens (tertiary/aromatic N) is 3. The van der Waals surface area contributed by atoms with E-state index in [2.05, 4.69) is 20.9 Å². The number of anilines is 1. The van der Waals surface area contributed by atoms with Crippen molar-refractivity contribution in [3.05, 3.63) is 55.0 Å². The molecule has 0 spiro atoms. The fourth-order valence-electron chi connectivity index (χ4n) is 2.68. The van der Waals surface area contributed by atoms with Gasteiger partial charge in [0.1, 0.15) is 16.4 Å². The summed E-state index contributed by atoms with van der Waals surface area (Å²) in [6.45, 7) is 4.42. The SMILES string of the molecule is CC(C)Cn1c(N)c(-c2csc(-c3ccc(Br)cc3)n2)c(=O)n(C)c1=O. The van der Waals surface area contributed by atoms with Crippen molar-refractivity contribution in [3.8, 4) is 21.8 Å².